The molecule has 5 nitrogen and oxygen atoms in total. The maximum Gasteiger partial charge on any atom is 0.416 e. The summed E-state index contributed by atoms with van der Waals surface area (Å²) < 4.78 is 45.3. The molecule has 1 amide bonds. The van der Waals surface area contributed by atoms with E-state index in [0.29, 0.717) is 28.3 Å². The van der Waals surface area contributed by atoms with E-state index in [-0.39, 0.29) is 11.3 Å². The summed E-state index contributed by atoms with van der Waals surface area (Å²) in [6, 6.07) is 16.1. The average Bonchev–Trinajstić information content (AvgIpc) is 2.88. The van der Waals surface area contributed by atoms with Gasteiger partial charge in [0.05, 0.1) is 11.3 Å². The summed E-state index contributed by atoms with van der Waals surface area (Å²) >= 11 is 0. The smallest absolute Gasteiger partial charge is 0.416 e. The molecule has 3 aromatic rings. The summed E-state index contributed by atoms with van der Waals surface area (Å²) in [4.78, 5) is 16.1. The van der Waals surface area contributed by atoms with Crippen LogP contribution in [-0.4, -0.2) is 16.8 Å². The standard InChI is InChI=1S/C21H13F3N2O3/c22-21(23,24)14-9-10-15-18(11-14)29-17-4-2-1-3-16(17)25-19(15)12-5-7-13(8-6-12)20(27)26-28/h1-11,28H,(H,26,27). The molecule has 1 aliphatic heterocycles. The Hall–Kier alpha value is -3.65. The summed E-state index contributed by atoms with van der Waals surface area (Å²) in [5.41, 5.74) is 2.75. The molecule has 2 N–H and O–H groups in total. The zero-order chi connectivity index (χ0) is 20.6. The van der Waals surface area contributed by atoms with E-state index in [2.05, 4.69) is 4.99 Å². The first-order chi connectivity index (χ1) is 13.9. The van der Waals surface area contributed by atoms with Gasteiger partial charge in [-0.2, -0.15) is 13.2 Å². The van der Waals surface area contributed by atoms with Crippen LogP contribution in [-0.2, 0) is 6.18 Å². The molecule has 0 saturated heterocycles. The van der Waals surface area contributed by atoms with E-state index in [1.54, 1.807) is 41.9 Å². The molecule has 0 fully saturated rings. The summed E-state index contributed by atoms with van der Waals surface area (Å²) in [7, 11) is 0. The van der Waals surface area contributed by atoms with Gasteiger partial charge >= 0.3 is 6.18 Å². The predicted molar refractivity (Wildman–Crippen MR) is 99.0 cm³/mol. The molecule has 8 heteroatoms. The molecule has 0 unspecified atom stereocenters. The Morgan fingerprint density at radius 2 is 1.69 bits per heavy atom. The van der Waals surface area contributed by atoms with Gasteiger partial charge in [-0.25, -0.2) is 10.5 Å². The van der Waals surface area contributed by atoms with Crippen molar-refractivity contribution in [3.8, 4) is 11.5 Å². The van der Waals surface area contributed by atoms with E-state index >= 15 is 0 Å². The molecule has 0 aromatic heterocycles. The van der Waals surface area contributed by atoms with Crippen molar-refractivity contribution in [3.63, 3.8) is 0 Å². The number of rotatable bonds is 2. The zero-order valence-corrected chi connectivity index (χ0v) is 14.7. The Bertz CT molecular complexity index is 1120. The minimum absolute atomic E-state index is 0.0284. The summed E-state index contributed by atoms with van der Waals surface area (Å²) in [5.74, 6) is -0.316. The minimum atomic E-state index is -4.51. The second kappa shape index (κ2) is 7.06. The third-order valence-corrected chi connectivity index (χ3v) is 4.40. The number of carbonyl (C=O) groups excluding carboxylic acids is 1. The second-order valence-electron chi connectivity index (χ2n) is 6.26. The summed E-state index contributed by atoms with van der Waals surface area (Å²) in [6.45, 7) is 0. The number of hydrogen-bond donors (Lipinski definition) is 2. The third kappa shape index (κ3) is 3.57. The Balaban J connectivity index is 1.88. The maximum absolute atomic E-state index is 13.2. The van der Waals surface area contributed by atoms with Crippen molar-refractivity contribution < 1.29 is 27.9 Å². The molecular weight excluding hydrogens is 385 g/mol. The first kappa shape index (κ1) is 18.7. The first-order valence-electron chi connectivity index (χ1n) is 8.49. The molecule has 1 aliphatic rings. The molecule has 146 valence electrons. The van der Waals surface area contributed by atoms with Gasteiger partial charge in [0.2, 0.25) is 0 Å². The number of halogens is 3. The van der Waals surface area contributed by atoms with Crippen LogP contribution in [0.3, 0.4) is 0 Å². The number of hydrogen-bond acceptors (Lipinski definition) is 4. The van der Waals surface area contributed by atoms with Gasteiger partial charge in [-0.15, -0.1) is 0 Å². The Morgan fingerprint density at radius 1 is 0.966 bits per heavy atom. The lowest BCUT2D eigenvalue weighted by molar-refractivity contribution is -0.137. The molecule has 0 radical (unpaired) electrons. The lowest BCUT2D eigenvalue weighted by atomic mass is 9.98. The Morgan fingerprint density at radius 3 is 2.38 bits per heavy atom. The topological polar surface area (TPSA) is 70.9 Å². The van der Waals surface area contributed by atoms with Crippen LogP contribution in [0.2, 0.25) is 0 Å². The van der Waals surface area contributed by atoms with Crippen LogP contribution in [0.5, 0.6) is 11.5 Å². The molecule has 0 bridgehead atoms. The van der Waals surface area contributed by atoms with Crippen LogP contribution in [0.4, 0.5) is 18.9 Å². The van der Waals surface area contributed by atoms with E-state index in [4.69, 9.17) is 9.94 Å². The molecule has 0 atom stereocenters. The number of alkyl halides is 3. The van der Waals surface area contributed by atoms with E-state index in [1.165, 1.54) is 18.2 Å². The number of nitrogens with one attached hydrogen (secondary N) is 1. The number of hydroxylamine groups is 1. The van der Waals surface area contributed by atoms with Crippen LogP contribution in [0.1, 0.15) is 27.0 Å². The molecular formula is C21H13F3N2O3. The zero-order valence-electron chi connectivity index (χ0n) is 14.7. The van der Waals surface area contributed by atoms with Gasteiger partial charge in [-0.3, -0.25) is 10.0 Å². The van der Waals surface area contributed by atoms with Gasteiger partial charge in [-0.1, -0.05) is 24.3 Å². The number of carbonyl (C=O) groups is 1. The number of para-hydroxylation sites is 2. The van der Waals surface area contributed by atoms with Gasteiger partial charge < -0.3 is 4.74 Å². The molecule has 4 rings (SSSR count). The SMILES string of the molecule is O=C(NO)c1ccc(C2=Nc3ccccc3Oc3cc(C(F)(F)F)ccc32)cc1. The van der Waals surface area contributed by atoms with E-state index in [0.717, 1.165) is 12.1 Å². The lowest BCUT2D eigenvalue weighted by Gasteiger charge is -2.14. The number of fused-ring (bicyclic) bond motifs is 2. The van der Waals surface area contributed by atoms with Crippen LogP contribution in [0.25, 0.3) is 0 Å². The first-order valence-corrected chi connectivity index (χ1v) is 8.49. The second-order valence-corrected chi connectivity index (χ2v) is 6.26. The van der Waals surface area contributed by atoms with Crippen molar-refractivity contribution in [2.45, 2.75) is 6.18 Å². The van der Waals surface area contributed by atoms with E-state index in [9.17, 15) is 18.0 Å². The van der Waals surface area contributed by atoms with Crippen molar-refractivity contribution in [3.05, 3.63) is 89.0 Å². The Kier molecular flexibility index (Phi) is 4.56. The number of benzene rings is 3. The largest absolute Gasteiger partial charge is 0.454 e. The van der Waals surface area contributed by atoms with Crippen LogP contribution in [0.15, 0.2) is 71.7 Å². The number of aliphatic imine (C=N–C) groups is 1. The van der Waals surface area contributed by atoms with Gasteiger partial charge in [-0.05, 0) is 42.5 Å². The van der Waals surface area contributed by atoms with Gasteiger partial charge in [0, 0.05) is 16.7 Å². The highest BCUT2D eigenvalue weighted by molar-refractivity contribution is 6.16. The lowest BCUT2D eigenvalue weighted by Crippen LogP contribution is -2.18. The molecule has 3 aromatic carbocycles. The maximum atomic E-state index is 13.2. The van der Waals surface area contributed by atoms with Crippen molar-refractivity contribution in [1.82, 2.24) is 5.48 Å². The van der Waals surface area contributed by atoms with Crippen molar-refractivity contribution in [2.75, 3.05) is 0 Å². The van der Waals surface area contributed by atoms with Crippen LogP contribution >= 0.6 is 0 Å². The monoisotopic (exact) mass is 398 g/mol. The minimum Gasteiger partial charge on any atom is -0.454 e. The fourth-order valence-electron chi connectivity index (χ4n) is 2.98. The van der Waals surface area contributed by atoms with Gasteiger partial charge in [0.1, 0.15) is 11.4 Å². The van der Waals surface area contributed by atoms with E-state index in [1.807, 2.05) is 0 Å². The summed E-state index contributed by atoms with van der Waals surface area (Å²) in [5, 5.41) is 8.74. The highest BCUT2D eigenvalue weighted by Gasteiger charge is 2.32. The number of ether oxygens (including phenoxy) is 1. The van der Waals surface area contributed by atoms with Crippen molar-refractivity contribution in [1.29, 1.82) is 0 Å². The number of amides is 1. The highest BCUT2D eigenvalue weighted by Crippen LogP contribution is 2.41. The van der Waals surface area contributed by atoms with Crippen molar-refractivity contribution >= 4 is 17.3 Å². The van der Waals surface area contributed by atoms with E-state index < -0.39 is 17.6 Å². The molecule has 1 heterocycles. The molecule has 0 saturated carbocycles. The van der Waals surface area contributed by atoms with Gasteiger partial charge in [0.25, 0.3) is 5.91 Å². The molecule has 0 aliphatic carbocycles. The Labute approximate surface area is 163 Å². The van der Waals surface area contributed by atoms with Crippen LogP contribution in [0, 0.1) is 0 Å². The third-order valence-electron chi connectivity index (χ3n) is 4.40. The molecule has 29 heavy (non-hydrogen) atoms. The quantitative estimate of drug-likeness (QED) is 0.365. The predicted octanol–water partition coefficient (Wildman–Crippen LogP) is 5.10. The van der Waals surface area contributed by atoms with Gasteiger partial charge in [0.15, 0.2) is 5.75 Å². The van der Waals surface area contributed by atoms with Crippen LogP contribution < -0.4 is 10.2 Å². The molecule has 0 spiro atoms. The highest BCUT2D eigenvalue weighted by atomic mass is 19.4. The normalized spacial score (nSPS) is 12.8. The average molecular weight is 398 g/mol. The summed E-state index contributed by atoms with van der Waals surface area (Å²) in [6.07, 6.45) is -4.51. The van der Waals surface area contributed by atoms with Crippen molar-refractivity contribution in [2.24, 2.45) is 4.99 Å². The fraction of sp³-hybridized carbons (Fsp3) is 0.0476. The number of nitrogens with zero attached hydrogens (tertiary/aromatic N) is 1. The fourth-order valence-corrected chi connectivity index (χ4v) is 2.98.